The predicted molar refractivity (Wildman–Crippen MR) is 85.8 cm³/mol. The van der Waals surface area contributed by atoms with Gasteiger partial charge in [0.25, 0.3) is 0 Å². The topological polar surface area (TPSA) is 43.8 Å². The Kier molecular flexibility index (Phi) is 3.84. The molecule has 0 saturated heterocycles. The van der Waals surface area contributed by atoms with E-state index in [9.17, 15) is 0 Å². The molecule has 0 saturated carbocycles. The van der Waals surface area contributed by atoms with Crippen molar-refractivity contribution in [2.75, 3.05) is 0 Å². The number of hydrogen-bond acceptors (Lipinski definition) is 2. The van der Waals surface area contributed by atoms with Gasteiger partial charge in [-0.25, -0.2) is 0 Å². The molecule has 0 aliphatic carbocycles. The summed E-state index contributed by atoms with van der Waals surface area (Å²) < 4.78 is 2.04. The van der Waals surface area contributed by atoms with E-state index in [0.29, 0.717) is 6.54 Å². The minimum Gasteiger partial charge on any atom is -0.326 e. The van der Waals surface area contributed by atoms with Gasteiger partial charge in [-0.3, -0.25) is 4.68 Å². The molecule has 3 nitrogen and oxygen atoms in total. The van der Waals surface area contributed by atoms with Crippen LogP contribution in [0.3, 0.4) is 0 Å². The first-order valence-corrected chi connectivity index (χ1v) is 7.14. The van der Waals surface area contributed by atoms with E-state index in [4.69, 9.17) is 5.73 Å². The number of benzene rings is 2. The maximum absolute atomic E-state index is 5.87. The van der Waals surface area contributed by atoms with Gasteiger partial charge in [-0.05, 0) is 18.1 Å². The molecule has 0 aliphatic heterocycles. The summed E-state index contributed by atoms with van der Waals surface area (Å²) in [5, 5.41) is 4.54. The SMILES string of the molecule is Cc1ccccc1Cn1ncc(CN)c1-c1ccccc1. The van der Waals surface area contributed by atoms with Crippen LogP contribution in [0, 0.1) is 6.92 Å². The molecule has 0 unspecified atom stereocenters. The summed E-state index contributed by atoms with van der Waals surface area (Å²) in [7, 11) is 0. The molecule has 106 valence electrons. The fourth-order valence-corrected chi connectivity index (χ4v) is 2.57. The van der Waals surface area contributed by atoms with Crippen LogP contribution in [0.25, 0.3) is 11.3 Å². The lowest BCUT2D eigenvalue weighted by Gasteiger charge is -2.11. The molecular weight excluding hydrogens is 258 g/mol. The number of nitrogens with two attached hydrogens (primary N) is 1. The van der Waals surface area contributed by atoms with Gasteiger partial charge in [0.2, 0.25) is 0 Å². The van der Waals surface area contributed by atoms with Gasteiger partial charge in [-0.2, -0.15) is 5.10 Å². The predicted octanol–water partition coefficient (Wildman–Crippen LogP) is 3.37. The fourth-order valence-electron chi connectivity index (χ4n) is 2.57. The smallest absolute Gasteiger partial charge is 0.0731 e. The first-order chi connectivity index (χ1) is 10.3. The van der Waals surface area contributed by atoms with Crippen LogP contribution >= 0.6 is 0 Å². The molecule has 3 aromatic rings. The van der Waals surface area contributed by atoms with E-state index in [2.05, 4.69) is 48.4 Å². The quantitative estimate of drug-likeness (QED) is 0.794. The van der Waals surface area contributed by atoms with Crippen LogP contribution in [0.4, 0.5) is 0 Å². The van der Waals surface area contributed by atoms with E-state index in [-0.39, 0.29) is 0 Å². The molecule has 21 heavy (non-hydrogen) atoms. The van der Waals surface area contributed by atoms with Gasteiger partial charge in [0.05, 0.1) is 18.4 Å². The Morgan fingerprint density at radius 2 is 1.67 bits per heavy atom. The Labute approximate surface area is 125 Å². The molecular formula is C18H19N3. The number of nitrogens with zero attached hydrogens (tertiary/aromatic N) is 2. The molecule has 0 spiro atoms. The Bertz CT molecular complexity index is 729. The van der Waals surface area contributed by atoms with Gasteiger partial charge in [0.15, 0.2) is 0 Å². The maximum atomic E-state index is 5.87. The van der Waals surface area contributed by atoms with Crippen LogP contribution in [0.5, 0.6) is 0 Å². The van der Waals surface area contributed by atoms with Crippen molar-refractivity contribution in [2.45, 2.75) is 20.0 Å². The fraction of sp³-hybridized carbons (Fsp3) is 0.167. The van der Waals surface area contributed by atoms with Crippen LogP contribution in [-0.2, 0) is 13.1 Å². The van der Waals surface area contributed by atoms with Crippen molar-refractivity contribution in [1.29, 1.82) is 0 Å². The molecule has 0 atom stereocenters. The van der Waals surface area contributed by atoms with Crippen LogP contribution in [0.1, 0.15) is 16.7 Å². The minimum atomic E-state index is 0.498. The van der Waals surface area contributed by atoms with Gasteiger partial charge < -0.3 is 5.73 Å². The molecule has 3 rings (SSSR count). The van der Waals surface area contributed by atoms with Crippen molar-refractivity contribution < 1.29 is 0 Å². The Hall–Kier alpha value is -2.39. The number of hydrogen-bond donors (Lipinski definition) is 1. The van der Waals surface area contributed by atoms with Crippen molar-refractivity contribution in [3.05, 3.63) is 77.5 Å². The second-order valence-electron chi connectivity index (χ2n) is 5.17. The molecule has 2 aromatic carbocycles. The lowest BCUT2D eigenvalue weighted by atomic mass is 10.1. The highest BCUT2D eigenvalue weighted by molar-refractivity contribution is 5.63. The maximum Gasteiger partial charge on any atom is 0.0731 e. The summed E-state index contributed by atoms with van der Waals surface area (Å²) in [6, 6.07) is 18.7. The van der Waals surface area contributed by atoms with Gasteiger partial charge in [0, 0.05) is 17.7 Å². The average Bonchev–Trinajstić information content (AvgIpc) is 2.93. The van der Waals surface area contributed by atoms with Gasteiger partial charge >= 0.3 is 0 Å². The summed E-state index contributed by atoms with van der Waals surface area (Å²) in [6.07, 6.45) is 1.88. The number of rotatable bonds is 4. The molecule has 1 aromatic heterocycles. The third kappa shape index (κ3) is 2.73. The van der Waals surface area contributed by atoms with Crippen molar-refractivity contribution >= 4 is 0 Å². The van der Waals surface area contributed by atoms with Crippen molar-refractivity contribution in [1.82, 2.24) is 9.78 Å². The third-order valence-electron chi connectivity index (χ3n) is 3.76. The Morgan fingerprint density at radius 1 is 0.952 bits per heavy atom. The zero-order chi connectivity index (χ0) is 14.7. The normalized spacial score (nSPS) is 10.8. The lowest BCUT2D eigenvalue weighted by Crippen LogP contribution is -2.06. The third-order valence-corrected chi connectivity index (χ3v) is 3.76. The van der Waals surface area contributed by atoms with E-state index < -0.39 is 0 Å². The molecule has 3 heteroatoms. The van der Waals surface area contributed by atoms with E-state index in [1.807, 2.05) is 29.1 Å². The second-order valence-corrected chi connectivity index (χ2v) is 5.17. The van der Waals surface area contributed by atoms with Gasteiger partial charge in [-0.1, -0.05) is 54.6 Å². The average molecular weight is 277 g/mol. The number of aryl methyl sites for hydroxylation is 1. The van der Waals surface area contributed by atoms with E-state index in [1.165, 1.54) is 11.1 Å². The van der Waals surface area contributed by atoms with Crippen molar-refractivity contribution in [2.24, 2.45) is 5.73 Å². The first-order valence-electron chi connectivity index (χ1n) is 7.14. The van der Waals surface area contributed by atoms with E-state index >= 15 is 0 Å². The lowest BCUT2D eigenvalue weighted by molar-refractivity contribution is 0.691. The number of aromatic nitrogens is 2. The van der Waals surface area contributed by atoms with Crippen molar-refractivity contribution in [3.63, 3.8) is 0 Å². The zero-order valence-corrected chi connectivity index (χ0v) is 12.2. The largest absolute Gasteiger partial charge is 0.326 e. The highest BCUT2D eigenvalue weighted by Gasteiger charge is 2.12. The molecule has 0 fully saturated rings. The van der Waals surface area contributed by atoms with E-state index in [0.717, 1.165) is 23.4 Å². The van der Waals surface area contributed by atoms with Crippen LogP contribution < -0.4 is 5.73 Å². The first kappa shape index (κ1) is 13.6. The molecule has 0 aliphatic rings. The molecule has 0 radical (unpaired) electrons. The summed E-state index contributed by atoms with van der Waals surface area (Å²) in [4.78, 5) is 0. The summed E-state index contributed by atoms with van der Waals surface area (Å²) in [5.41, 5.74) is 11.8. The highest BCUT2D eigenvalue weighted by atomic mass is 15.3. The molecule has 1 heterocycles. The molecule has 0 amide bonds. The minimum absolute atomic E-state index is 0.498. The summed E-state index contributed by atoms with van der Waals surface area (Å²) >= 11 is 0. The van der Waals surface area contributed by atoms with E-state index in [1.54, 1.807) is 0 Å². The standard InChI is InChI=1S/C18H19N3/c1-14-7-5-6-10-16(14)13-21-18(17(11-19)12-20-21)15-8-3-2-4-9-15/h2-10,12H,11,13,19H2,1H3. The van der Waals surface area contributed by atoms with Gasteiger partial charge in [0.1, 0.15) is 0 Å². The monoisotopic (exact) mass is 277 g/mol. The summed E-state index contributed by atoms with van der Waals surface area (Å²) in [6.45, 7) is 3.39. The summed E-state index contributed by atoms with van der Waals surface area (Å²) in [5.74, 6) is 0. The van der Waals surface area contributed by atoms with Crippen LogP contribution in [0.15, 0.2) is 60.8 Å². The molecule has 2 N–H and O–H groups in total. The highest BCUT2D eigenvalue weighted by Crippen LogP contribution is 2.24. The second kappa shape index (κ2) is 5.94. The van der Waals surface area contributed by atoms with Gasteiger partial charge in [-0.15, -0.1) is 0 Å². The van der Waals surface area contributed by atoms with Crippen LogP contribution in [0.2, 0.25) is 0 Å². The van der Waals surface area contributed by atoms with Crippen molar-refractivity contribution in [3.8, 4) is 11.3 Å². The zero-order valence-electron chi connectivity index (χ0n) is 12.2. The van der Waals surface area contributed by atoms with Crippen LogP contribution in [-0.4, -0.2) is 9.78 Å². The Balaban J connectivity index is 2.04. The molecule has 0 bridgehead atoms. The Morgan fingerprint density at radius 3 is 2.38 bits per heavy atom.